The number of hydrogen-bond acceptors (Lipinski definition) is 4. The fourth-order valence-corrected chi connectivity index (χ4v) is 2.36. The van der Waals surface area contributed by atoms with Gasteiger partial charge in [-0.2, -0.15) is 0 Å². The van der Waals surface area contributed by atoms with E-state index in [0.29, 0.717) is 17.9 Å². The second-order valence-corrected chi connectivity index (χ2v) is 5.23. The van der Waals surface area contributed by atoms with Crippen LogP contribution in [-0.4, -0.2) is 31.7 Å². The van der Waals surface area contributed by atoms with Crippen LogP contribution in [0.15, 0.2) is 18.2 Å². The van der Waals surface area contributed by atoms with E-state index in [1.165, 1.54) is 0 Å². The van der Waals surface area contributed by atoms with Crippen molar-refractivity contribution < 1.29 is 9.53 Å². The molecule has 0 bridgehead atoms. The molecule has 1 heterocycles. The molecule has 1 saturated heterocycles. The molecule has 4 N–H and O–H groups in total. The Balaban J connectivity index is 2.27. The minimum absolute atomic E-state index is 0.122. The molecule has 1 unspecified atom stereocenters. The lowest BCUT2D eigenvalue weighted by molar-refractivity contribution is 0.0540. The number of nitrogens with one attached hydrogen (secondary N) is 2. The number of nitrogens with two attached hydrogens (primary N) is 1. The Labute approximate surface area is 113 Å². The van der Waals surface area contributed by atoms with Gasteiger partial charge in [-0.05, 0) is 38.0 Å². The van der Waals surface area contributed by atoms with Crippen LogP contribution in [0, 0.1) is 0 Å². The molecule has 1 amide bonds. The van der Waals surface area contributed by atoms with Crippen LogP contribution in [0.3, 0.4) is 0 Å². The molecule has 1 aliphatic heterocycles. The molecule has 0 spiro atoms. The summed E-state index contributed by atoms with van der Waals surface area (Å²) in [5, 5.41) is 6.06. The van der Waals surface area contributed by atoms with Crippen LogP contribution >= 0.6 is 0 Å². The Hall–Kier alpha value is -1.75. The normalized spacial score (nSPS) is 22.8. The SMILES string of the molecule is CNC(=O)c1ccc(N)cc1NC1(C)CCCOC1. The molecule has 5 nitrogen and oxygen atoms in total. The van der Waals surface area contributed by atoms with Crippen molar-refractivity contribution in [1.29, 1.82) is 0 Å². The summed E-state index contributed by atoms with van der Waals surface area (Å²) in [5.41, 5.74) is 7.65. The van der Waals surface area contributed by atoms with Gasteiger partial charge in [-0.3, -0.25) is 4.79 Å². The van der Waals surface area contributed by atoms with Crippen LogP contribution in [0.25, 0.3) is 0 Å². The maximum absolute atomic E-state index is 11.9. The number of nitrogen functional groups attached to an aromatic ring is 1. The molecule has 2 rings (SSSR count). The zero-order valence-electron chi connectivity index (χ0n) is 11.5. The molecular weight excluding hydrogens is 242 g/mol. The van der Waals surface area contributed by atoms with Crippen molar-refractivity contribution >= 4 is 17.3 Å². The van der Waals surface area contributed by atoms with Gasteiger partial charge in [-0.1, -0.05) is 0 Å². The predicted molar refractivity (Wildman–Crippen MR) is 76.3 cm³/mol. The Morgan fingerprint density at radius 3 is 2.89 bits per heavy atom. The topological polar surface area (TPSA) is 76.4 Å². The Kier molecular flexibility index (Phi) is 3.95. The number of carbonyl (C=O) groups is 1. The molecule has 0 aromatic heterocycles. The van der Waals surface area contributed by atoms with E-state index < -0.39 is 0 Å². The van der Waals surface area contributed by atoms with Crippen molar-refractivity contribution in [3.63, 3.8) is 0 Å². The van der Waals surface area contributed by atoms with Gasteiger partial charge in [0.2, 0.25) is 0 Å². The van der Waals surface area contributed by atoms with Crippen molar-refractivity contribution in [2.75, 3.05) is 31.3 Å². The molecule has 1 atom stereocenters. The molecule has 1 fully saturated rings. The van der Waals surface area contributed by atoms with E-state index >= 15 is 0 Å². The van der Waals surface area contributed by atoms with Crippen LogP contribution < -0.4 is 16.4 Å². The number of hydrogen-bond donors (Lipinski definition) is 3. The van der Waals surface area contributed by atoms with E-state index in [1.807, 2.05) is 0 Å². The van der Waals surface area contributed by atoms with Gasteiger partial charge in [0.1, 0.15) is 0 Å². The standard InChI is InChI=1S/C14H21N3O2/c1-14(6-3-7-19-9-14)17-12-8-10(15)4-5-11(12)13(18)16-2/h4-5,8,17H,3,6-7,9,15H2,1-2H3,(H,16,18). The van der Waals surface area contributed by atoms with E-state index in [2.05, 4.69) is 17.6 Å². The Morgan fingerprint density at radius 1 is 1.47 bits per heavy atom. The van der Waals surface area contributed by atoms with Gasteiger partial charge in [-0.15, -0.1) is 0 Å². The molecule has 0 radical (unpaired) electrons. The lowest BCUT2D eigenvalue weighted by atomic mass is 9.94. The van der Waals surface area contributed by atoms with Crippen molar-refractivity contribution in [1.82, 2.24) is 5.32 Å². The molecule has 0 saturated carbocycles. The highest BCUT2D eigenvalue weighted by Crippen LogP contribution is 2.27. The summed E-state index contributed by atoms with van der Waals surface area (Å²) in [4.78, 5) is 11.9. The van der Waals surface area contributed by atoms with Crippen molar-refractivity contribution in [2.45, 2.75) is 25.3 Å². The molecule has 1 aromatic carbocycles. The van der Waals surface area contributed by atoms with Gasteiger partial charge in [0, 0.05) is 25.0 Å². The quantitative estimate of drug-likeness (QED) is 0.724. The lowest BCUT2D eigenvalue weighted by Gasteiger charge is -2.35. The second-order valence-electron chi connectivity index (χ2n) is 5.23. The van der Waals surface area contributed by atoms with Gasteiger partial charge in [0.25, 0.3) is 5.91 Å². The van der Waals surface area contributed by atoms with E-state index in [1.54, 1.807) is 25.2 Å². The van der Waals surface area contributed by atoms with Crippen LogP contribution in [0.4, 0.5) is 11.4 Å². The molecule has 0 aliphatic carbocycles. The lowest BCUT2D eigenvalue weighted by Crippen LogP contribution is -2.43. The van der Waals surface area contributed by atoms with Crippen LogP contribution in [0.5, 0.6) is 0 Å². The highest BCUT2D eigenvalue weighted by Gasteiger charge is 2.28. The summed E-state index contributed by atoms with van der Waals surface area (Å²) in [7, 11) is 1.62. The molecule has 1 aromatic rings. The monoisotopic (exact) mass is 263 g/mol. The van der Waals surface area contributed by atoms with E-state index in [0.717, 1.165) is 25.1 Å². The summed E-state index contributed by atoms with van der Waals surface area (Å²) in [5.74, 6) is -0.122. The fourth-order valence-electron chi connectivity index (χ4n) is 2.36. The third-order valence-corrected chi connectivity index (χ3v) is 3.39. The third kappa shape index (κ3) is 3.17. The predicted octanol–water partition coefficient (Wildman–Crippen LogP) is 1.61. The molecule has 19 heavy (non-hydrogen) atoms. The van der Waals surface area contributed by atoms with E-state index in [9.17, 15) is 4.79 Å². The van der Waals surface area contributed by atoms with E-state index in [4.69, 9.17) is 10.5 Å². The van der Waals surface area contributed by atoms with Gasteiger partial charge < -0.3 is 21.1 Å². The number of benzene rings is 1. The molecule has 1 aliphatic rings. The maximum Gasteiger partial charge on any atom is 0.253 e. The fraction of sp³-hybridized carbons (Fsp3) is 0.500. The first-order valence-electron chi connectivity index (χ1n) is 6.52. The van der Waals surface area contributed by atoms with Crippen molar-refractivity contribution in [2.24, 2.45) is 0 Å². The smallest absolute Gasteiger partial charge is 0.253 e. The molecule has 5 heteroatoms. The first-order chi connectivity index (χ1) is 9.04. The average molecular weight is 263 g/mol. The largest absolute Gasteiger partial charge is 0.399 e. The van der Waals surface area contributed by atoms with Gasteiger partial charge in [-0.25, -0.2) is 0 Å². The minimum Gasteiger partial charge on any atom is -0.399 e. The number of amides is 1. The van der Waals surface area contributed by atoms with Crippen LogP contribution in [-0.2, 0) is 4.74 Å². The Bertz CT molecular complexity index is 468. The second kappa shape index (κ2) is 5.48. The number of ether oxygens (including phenoxy) is 1. The number of anilines is 2. The summed E-state index contributed by atoms with van der Waals surface area (Å²) in [6.45, 7) is 3.54. The minimum atomic E-state index is -0.158. The van der Waals surface area contributed by atoms with E-state index in [-0.39, 0.29) is 11.4 Å². The van der Waals surface area contributed by atoms with Gasteiger partial charge >= 0.3 is 0 Å². The Morgan fingerprint density at radius 2 is 2.26 bits per heavy atom. The number of rotatable bonds is 3. The summed E-state index contributed by atoms with van der Waals surface area (Å²) >= 11 is 0. The average Bonchev–Trinajstić information content (AvgIpc) is 2.38. The molecular formula is C14H21N3O2. The highest BCUT2D eigenvalue weighted by molar-refractivity contribution is 6.00. The third-order valence-electron chi connectivity index (χ3n) is 3.39. The number of carbonyl (C=O) groups excluding carboxylic acids is 1. The van der Waals surface area contributed by atoms with Gasteiger partial charge in [0.05, 0.1) is 17.7 Å². The van der Waals surface area contributed by atoms with Crippen molar-refractivity contribution in [3.05, 3.63) is 23.8 Å². The maximum atomic E-state index is 11.9. The zero-order valence-corrected chi connectivity index (χ0v) is 11.5. The molecule has 104 valence electrons. The van der Waals surface area contributed by atoms with Crippen LogP contribution in [0.1, 0.15) is 30.1 Å². The summed E-state index contributed by atoms with van der Waals surface area (Å²) in [6, 6.07) is 5.27. The zero-order chi connectivity index (χ0) is 13.9. The highest BCUT2D eigenvalue weighted by atomic mass is 16.5. The van der Waals surface area contributed by atoms with Gasteiger partial charge in [0.15, 0.2) is 0 Å². The first kappa shape index (κ1) is 13.7. The summed E-state index contributed by atoms with van der Waals surface area (Å²) in [6.07, 6.45) is 2.02. The van der Waals surface area contributed by atoms with Crippen molar-refractivity contribution in [3.8, 4) is 0 Å². The first-order valence-corrected chi connectivity index (χ1v) is 6.52. The van der Waals surface area contributed by atoms with Crippen LogP contribution in [0.2, 0.25) is 0 Å². The summed E-state index contributed by atoms with van der Waals surface area (Å²) < 4.78 is 5.52.